The summed E-state index contributed by atoms with van der Waals surface area (Å²) in [5, 5.41) is 5.40. The minimum atomic E-state index is 0.0570. The lowest BCUT2D eigenvalue weighted by Gasteiger charge is -2.22. The molecule has 3 aromatic rings. The molecule has 2 N–H and O–H groups in total. The Bertz CT molecular complexity index is 1070. The standard InChI is InChI=1S/C25H26N2O3/c28-25(26-21-10-8-18-5-1-2-6-19(18)15-21)17-27-12-3-7-22(27)20-9-11-23-24(16-20)30-14-4-13-29-23/h1-2,5-6,8-11,15-16,22H,3-4,7,12-14,17H2,(H,26,28)/p+1/t22-/m0/s1. The number of ether oxygens (including phenoxy) is 2. The fourth-order valence-electron chi connectivity index (χ4n) is 4.60. The van der Waals surface area contributed by atoms with Gasteiger partial charge in [0.15, 0.2) is 18.0 Å². The third kappa shape index (κ3) is 3.98. The van der Waals surface area contributed by atoms with Gasteiger partial charge in [0.1, 0.15) is 6.04 Å². The van der Waals surface area contributed by atoms with Gasteiger partial charge in [-0.25, -0.2) is 0 Å². The lowest BCUT2D eigenvalue weighted by atomic mass is 10.0. The predicted molar refractivity (Wildman–Crippen MR) is 117 cm³/mol. The van der Waals surface area contributed by atoms with Crippen LogP contribution in [0.4, 0.5) is 5.69 Å². The number of nitrogens with one attached hydrogen (secondary N) is 2. The van der Waals surface area contributed by atoms with E-state index in [9.17, 15) is 4.79 Å². The summed E-state index contributed by atoms with van der Waals surface area (Å²) in [5.41, 5.74) is 2.08. The van der Waals surface area contributed by atoms with Crippen molar-refractivity contribution in [2.24, 2.45) is 0 Å². The molecule has 5 rings (SSSR count). The fraction of sp³-hybridized carbons (Fsp3) is 0.320. The maximum Gasteiger partial charge on any atom is 0.279 e. The van der Waals surface area contributed by atoms with E-state index in [0.29, 0.717) is 25.8 Å². The van der Waals surface area contributed by atoms with E-state index in [1.165, 1.54) is 15.8 Å². The molecule has 0 bridgehead atoms. The number of rotatable bonds is 4. The Morgan fingerprint density at radius 1 is 0.933 bits per heavy atom. The zero-order chi connectivity index (χ0) is 20.3. The molecule has 2 heterocycles. The van der Waals surface area contributed by atoms with Gasteiger partial charge in [0.2, 0.25) is 0 Å². The summed E-state index contributed by atoms with van der Waals surface area (Å²) in [6.45, 7) is 2.85. The Morgan fingerprint density at radius 2 is 1.77 bits per heavy atom. The summed E-state index contributed by atoms with van der Waals surface area (Å²) in [6.07, 6.45) is 3.11. The van der Waals surface area contributed by atoms with Gasteiger partial charge in [0.25, 0.3) is 5.91 Å². The van der Waals surface area contributed by atoms with E-state index in [-0.39, 0.29) is 5.91 Å². The van der Waals surface area contributed by atoms with Crippen molar-refractivity contribution in [3.05, 3.63) is 66.2 Å². The van der Waals surface area contributed by atoms with Crippen LogP contribution in [0.1, 0.15) is 30.9 Å². The number of carbonyl (C=O) groups excluding carboxylic acids is 1. The number of hydrogen-bond donors (Lipinski definition) is 2. The highest BCUT2D eigenvalue weighted by Gasteiger charge is 2.32. The molecule has 0 radical (unpaired) electrons. The largest absolute Gasteiger partial charge is 0.490 e. The van der Waals surface area contributed by atoms with E-state index in [4.69, 9.17) is 9.47 Å². The van der Waals surface area contributed by atoms with Crippen LogP contribution >= 0.6 is 0 Å². The molecular formula is C25H27N2O3+. The highest BCUT2D eigenvalue weighted by molar-refractivity contribution is 5.94. The van der Waals surface area contributed by atoms with Crippen LogP contribution < -0.4 is 19.7 Å². The zero-order valence-corrected chi connectivity index (χ0v) is 17.0. The number of quaternary nitrogens is 1. The lowest BCUT2D eigenvalue weighted by Crippen LogP contribution is -3.11. The van der Waals surface area contributed by atoms with Crippen LogP contribution in [-0.2, 0) is 4.79 Å². The molecule has 0 saturated carbocycles. The van der Waals surface area contributed by atoms with Crippen molar-refractivity contribution in [2.75, 3.05) is 31.6 Å². The molecule has 2 aliphatic heterocycles. The number of fused-ring (bicyclic) bond motifs is 2. The molecule has 5 heteroatoms. The highest BCUT2D eigenvalue weighted by Crippen LogP contribution is 2.33. The van der Waals surface area contributed by atoms with Crippen LogP contribution in [0.2, 0.25) is 0 Å². The van der Waals surface area contributed by atoms with Gasteiger partial charge in [0.05, 0.1) is 19.8 Å². The van der Waals surface area contributed by atoms with Gasteiger partial charge in [-0.15, -0.1) is 0 Å². The van der Waals surface area contributed by atoms with Gasteiger partial charge in [-0.3, -0.25) is 4.79 Å². The summed E-state index contributed by atoms with van der Waals surface area (Å²) >= 11 is 0. The smallest absolute Gasteiger partial charge is 0.279 e. The van der Waals surface area contributed by atoms with Crippen molar-refractivity contribution < 1.29 is 19.2 Å². The van der Waals surface area contributed by atoms with Crippen LogP contribution in [0.3, 0.4) is 0 Å². The molecule has 1 unspecified atom stereocenters. The van der Waals surface area contributed by atoms with Gasteiger partial charge >= 0.3 is 0 Å². The molecule has 1 saturated heterocycles. The summed E-state index contributed by atoms with van der Waals surface area (Å²) < 4.78 is 11.6. The Hall–Kier alpha value is -3.05. The van der Waals surface area contributed by atoms with Gasteiger partial charge in [-0.1, -0.05) is 30.3 Å². The molecule has 3 aromatic carbocycles. The molecule has 2 aliphatic rings. The van der Waals surface area contributed by atoms with E-state index >= 15 is 0 Å². The first-order chi connectivity index (χ1) is 14.8. The molecule has 1 fully saturated rings. The Labute approximate surface area is 176 Å². The van der Waals surface area contributed by atoms with E-state index < -0.39 is 0 Å². The van der Waals surface area contributed by atoms with Crippen LogP contribution in [0.25, 0.3) is 10.8 Å². The molecular weight excluding hydrogens is 376 g/mol. The average Bonchev–Trinajstić information content (AvgIpc) is 3.08. The molecule has 154 valence electrons. The van der Waals surface area contributed by atoms with Crippen molar-refractivity contribution in [3.63, 3.8) is 0 Å². The topological polar surface area (TPSA) is 52.0 Å². The fourth-order valence-corrected chi connectivity index (χ4v) is 4.60. The quantitative estimate of drug-likeness (QED) is 0.702. The SMILES string of the molecule is O=C(C[NH+]1CCC[C@H]1c1ccc2c(c1)OCCCO2)Nc1ccc2ccccc2c1. The predicted octanol–water partition coefficient (Wildman–Crippen LogP) is 3.36. The van der Waals surface area contributed by atoms with Gasteiger partial charge < -0.3 is 19.7 Å². The Balaban J connectivity index is 1.28. The molecule has 30 heavy (non-hydrogen) atoms. The number of benzene rings is 3. The first-order valence-electron chi connectivity index (χ1n) is 10.8. The highest BCUT2D eigenvalue weighted by atomic mass is 16.5. The average molecular weight is 404 g/mol. The molecule has 1 amide bonds. The number of anilines is 1. The monoisotopic (exact) mass is 403 g/mol. The molecule has 0 aliphatic carbocycles. The van der Waals surface area contributed by atoms with Crippen molar-refractivity contribution in [1.82, 2.24) is 0 Å². The van der Waals surface area contributed by atoms with Crippen molar-refractivity contribution in [2.45, 2.75) is 25.3 Å². The van der Waals surface area contributed by atoms with Crippen LogP contribution in [-0.4, -0.2) is 32.2 Å². The summed E-state index contributed by atoms with van der Waals surface area (Å²) in [7, 11) is 0. The third-order valence-electron chi connectivity index (χ3n) is 6.08. The molecule has 0 spiro atoms. The zero-order valence-electron chi connectivity index (χ0n) is 17.0. The van der Waals surface area contributed by atoms with E-state index in [1.807, 2.05) is 36.4 Å². The Kier molecular flexibility index (Phi) is 5.28. The first-order valence-corrected chi connectivity index (χ1v) is 10.8. The normalized spacial score (nSPS) is 20.7. The lowest BCUT2D eigenvalue weighted by molar-refractivity contribution is -0.910. The number of carbonyl (C=O) groups is 1. The van der Waals surface area contributed by atoms with Crippen LogP contribution in [0, 0.1) is 0 Å². The minimum Gasteiger partial charge on any atom is -0.490 e. The first kappa shape index (κ1) is 18.9. The number of likely N-dealkylation sites (tertiary alicyclic amines) is 1. The van der Waals surface area contributed by atoms with Crippen molar-refractivity contribution >= 4 is 22.4 Å². The van der Waals surface area contributed by atoms with Crippen LogP contribution in [0.15, 0.2) is 60.7 Å². The maximum absolute atomic E-state index is 12.8. The van der Waals surface area contributed by atoms with Gasteiger partial charge in [-0.2, -0.15) is 0 Å². The van der Waals surface area contributed by atoms with Crippen LogP contribution in [0.5, 0.6) is 11.5 Å². The third-order valence-corrected chi connectivity index (χ3v) is 6.08. The van der Waals surface area contributed by atoms with Gasteiger partial charge in [0, 0.05) is 30.5 Å². The van der Waals surface area contributed by atoms with E-state index in [1.54, 1.807) is 0 Å². The second kappa shape index (κ2) is 8.36. The summed E-state index contributed by atoms with van der Waals surface area (Å²) in [4.78, 5) is 14.1. The Morgan fingerprint density at radius 3 is 2.67 bits per heavy atom. The van der Waals surface area contributed by atoms with Crippen molar-refractivity contribution in [1.29, 1.82) is 0 Å². The molecule has 5 nitrogen and oxygen atoms in total. The summed E-state index contributed by atoms with van der Waals surface area (Å²) in [6, 6.07) is 20.8. The molecule has 0 aromatic heterocycles. The molecule has 2 atom stereocenters. The van der Waals surface area contributed by atoms with Gasteiger partial charge in [-0.05, 0) is 41.1 Å². The second-order valence-corrected chi connectivity index (χ2v) is 8.15. The minimum absolute atomic E-state index is 0.0570. The second-order valence-electron chi connectivity index (χ2n) is 8.15. The van der Waals surface area contributed by atoms with E-state index in [0.717, 1.165) is 48.4 Å². The number of hydrogen-bond acceptors (Lipinski definition) is 3. The van der Waals surface area contributed by atoms with E-state index in [2.05, 4.69) is 29.6 Å². The summed E-state index contributed by atoms with van der Waals surface area (Å²) in [5.74, 6) is 1.71. The maximum atomic E-state index is 12.8. The van der Waals surface area contributed by atoms with Crippen molar-refractivity contribution in [3.8, 4) is 11.5 Å². The number of amides is 1.